The SMILES string of the molecule is O=C1S/C(=C/c2cccnc2)C(=O)N1Cc1cccc(Br)c1. The topological polar surface area (TPSA) is 50.3 Å². The molecule has 0 aliphatic carbocycles. The smallest absolute Gasteiger partial charge is 0.268 e. The average molecular weight is 375 g/mol. The molecule has 2 heterocycles. The molecule has 1 aromatic heterocycles. The molecular weight excluding hydrogens is 364 g/mol. The third-order valence-corrected chi connectivity index (χ3v) is 4.49. The molecule has 4 nitrogen and oxygen atoms in total. The van der Waals surface area contributed by atoms with Gasteiger partial charge >= 0.3 is 0 Å². The van der Waals surface area contributed by atoms with Gasteiger partial charge < -0.3 is 0 Å². The van der Waals surface area contributed by atoms with Crippen molar-refractivity contribution in [1.82, 2.24) is 9.88 Å². The maximum absolute atomic E-state index is 12.4. The normalized spacial score (nSPS) is 16.6. The molecule has 0 atom stereocenters. The number of hydrogen-bond acceptors (Lipinski definition) is 4. The number of halogens is 1. The molecule has 1 aromatic carbocycles. The summed E-state index contributed by atoms with van der Waals surface area (Å²) in [5, 5.41) is -0.250. The van der Waals surface area contributed by atoms with Gasteiger partial charge in [0.1, 0.15) is 0 Å². The van der Waals surface area contributed by atoms with E-state index in [0.29, 0.717) is 4.91 Å². The van der Waals surface area contributed by atoms with Crippen molar-refractivity contribution in [2.24, 2.45) is 0 Å². The fourth-order valence-corrected chi connectivity index (χ4v) is 3.35. The van der Waals surface area contributed by atoms with E-state index in [0.717, 1.165) is 27.4 Å². The molecular formula is C16H11BrN2O2S. The molecule has 2 amide bonds. The minimum atomic E-state index is -0.265. The van der Waals surface area contributed by atoms with Crippen LogP contribution in [-0.2, 0) is 11.3 Å². The van der Waals surface area contributed by atoms with Crippen LogP contribution in [0.5, 0.6) is 0 Å². The zero-order valence-corrected chi connectivity index (χ0v) is 13.8. The molecule has 0 spiro atoms. The lowest BCUT2D eigenvalue weighted by molar-refractivity contribution is -0.123. The van der Waals surface area contributed by atoms with Gasteiger partial charge in [-0.1, -0.05) is 34.1 Å². The Morgan fingerprint density at radius 3 is 2.82 bits per heavy atom. The Bertz CT molecular complexity index is 762. The van der Waals surface area contributed by atoms with E-state index in [2.05, 4.69) is 20.9 Å². The van der Waals surface area contributed by atoms with Gasteiger partial charge in [-0.3, -0.25) is 19.5 Å². The number of nitrogens with zero attached hydrogens (tertiary/aromatic N) is 2. The molecule has 22 heavy (non-hydrogen) atoms. The van der Waals surface area contributed by atoms with Crippen molar-refractivity contribution >= 4 is 44.9 Å². The highest BCUT2D eigenvalue weighted by Crippen LogP contribution is 2.33. The Labute approximate surface area is 140 Å². The van der Waals surface area contributed by atoms with Crippen molar-refractivity contribution in [3.8, 4) is 0 Å². The Balaban J connectivity index is 1.81. The molecule has 110 valence electrons. The van der Waals surface area contributed by atoms with Crippen LogP contribution in [0.3, 0.4) is 0 Å². The Morgan fingerprint density at radius 1 is 1.23 bits per heavy atom. The van der Waals surface area contributed by atoms with Crippen LogP contribution in [0.25, 0.3) is 6.08 Å². The van der Waals surface area contributed by atoms with Crippen LogP contribution >= 0.6 is 27.7 Å². The summed E-state index contributed by atoms with van der Waals surface area (Å²) in [5.41, 5.74) is 1.70. The van der Waals surface area contributed by atoms with Crippen LogP contribution in [0.4, 0.5) is 4.79 Å². The van der Waals surface area contributed by atoms with Crippen LogP contribution in [-0.4, -0.2) is 21.0 Å². The van der Waals surface area contributed by atoms with E-state index in [4.69, 9.17) is 0 Å². The Kier molecular flexibility index (Phi) is 4.40. The maximum atomic E-state index is 12.4. The Hall–Kier alpha value is -1.92. The van der Waals surface area contributed by atoms with Crippen LogP contribution in [0.1, 0.15) is 11.1 Å². The molecule has 6 heteroatoms. The predicted molar refractivity (Wildman–Crippen MR) is 89.9 cm³/mol. The summed E-state index contributed by atoms with van der Waals surface area (Å²) in [4.78, 5) is 30.1. The molecule has 0 saturated carbocycles. The summed E-state index contributed by atoms with van der Waals surface area (Å²) in [6.45, 7) is 0.272. The quantitative estimate of drug-likeness (QED) is 0.759. The number of pyridine rings is 1. The zero-order valence-electron chi connectivity index (χ0n) is 11.4. The minimum Gasteiger partial charge on any atom is -0.268 e. The average Bonchev–Trinajstić information content (AvgIpc) is 2.76. The molecule has 1 aliphatic heterocycles. The highest BCUT2D eigenvalue weighted by Gasteiger charge is 2.34. The molecule has 1 saturated heterocycles. The first-order valence-electron chi connectivity index (χ1n) is 6.53. The number of carbonyl (C=O) groups excluding carboxylic acids is 2. The highest BCUT2D eigenvalue weighted by molar-refractivity contribution is 9.10. The van der Waals surface area contributed by atoms with Crippen LogP contribution in [0, 0.1) is 0 Å². The summed E-state index contributed by atoms with van der Waals surface area (Å²) >= 11 is 4.35. The number of carbonyl (C=O) groups is 2. The van der Waals surface area contributed by atoms with Gasteiger partial charge in [0.15, 0.2) is 0 Å². The largest absolute Gasteiger partial charge is 0.293 e. The van der Waals surface area contributed by atoms with E-state index in [1.165, 1.54) is 4.90 Å². The number of rotatable bonds is 3. The predicted octanol–water partition coefficient (Wildman–Crippen LogP) is 4.08. The van der Waals surface area contributed by atoms with Crippen molar-refractivity contribution in [2.75, 3.05) is 0 Å². The van der Waals surface area contributed by atoms with E-state index >= 15 is 0 Å². The number of benzene rings is 1. The third kappa shape index (κ3) is 3.28. The van der Waals surface area contributed by atoms with E-state index in [1.54, 1.807) is 24.5 Å². The van der Waals surface area contributed by atoms with E-state index in [1.807, 2.05) is 30.3 Å². The Morgan fingerprint density at radius 2 is 2.09 bits per heavy atom. The second kappa shape index (κ2) is 6.46. The summed E-state index contributed by atoms with van der Waals surface area (Å²) in [6, 6.07) is 11.2. The maximum Gasteiger partial charge on any atom is 0.293 e. The van der Waals surface area contributed by atoms with Crippen molar-refractivity contribution in [1.29, 1.82) is 0 Å². The summed E-state index contributed by atoms with van der Waals surface area (Å²) in [7, 11) is 0. The van der Waals surface area contributed by atoms with Gasteiger partial charge in [0, 0.05) is 16.9 Å². The second-order valence-electron chi connectivity index (χ2n) is 4.68. The highest BCUT2D eigenvalue weighted by atomic mass is 79.9. The first-order valence-corrected chi connectivity index (χ1v) is 8.14. The van der Waals surface area contributed by atoms with Gasteiger partial charge in [-0.15, -0.1) is 0 Å². The fraction of sp³-hybridized carbons (Fsp3) is 0.0625. The van der Waals surface area contributed by atoms with Crippen LogP contribution < -0.4 is 0 Å². The van der Waals surface area contributed by atoms with Gasteiger partial charge in [0.2, 0.25) is 0 Å². The molecule has 0 N–H and O–H groups in total. The number of hydrogen-bond donors (Lipinski definition) is 0. The number of aromatic nitrogens is 1. The lowest BCUT2D eigenvalue weighted by Crippen LogP contribution is -2.27. The van der Waals surface area contributed by atoms with Crippen LogP contribution in [0.15, 0.2) is 58.2 Å². The van der Waals surface area contributed by atoms with Gasteiger partial charge in [-0.05, 0) is 47.2 Å². The number of thioether (sulfide) groups is 1. The minimum absolute atomic E-state index is 0.250. The summed E-state index contributed by atoms with van der Waals surface area (Å²) < 4.78 is 0.919. The van der Waals surface area contributed by atoms with E-state index < -0.39 is 0 Å². The second-order valence-corrected chi connectivity index (χ2v) is 6.59. The molecule has 0 bridgehead atoms. The molecule has 2 aromatic rings. The van der Waals surface area contributed by atoms with Gasteiger partial charge in [-0.25, -0.2) is 0 Å². The third-order valence-electron chi connectivity index (χ3n) is 3.09. The van der Waals surface area contributed by atoms with Crippen molar-refractivity contribution in [2.45, 2.75) is 6.54 Å². The van der Waals surface area contributed by atoms with Gasteiger partial charge in [0.05, 0.1) is 11.4 Å². The van der Waals surface area contributed by atoms with Crippen molar-refractivity contribution in [3.05, 3.63) is 69.3 Å². The molecule has 3 rings (SSSR count). The number of amides is 2. The molecule has 0 radical (unpaired) electrons. The first-order chi connectivity index (χ1) is 10.6. The summed E-state index contributed by atoms with van der Waals surface area (Å²) in [6.07, 6.45) is 5.01. The molecule has 1 fully saturated rings. The van der Waals surface area contributed by atoms with Crippen LogP contribution in [0.2, 0.25) is 0 Å². The zero-order chi connectivity index (χ0) is 15.5. The first kappa shape index (κ1) is 15.0. The lowest BCUT2D eigenvalue weighted by atomic mass is 10.2. The van der Waals surface area contributed by atoms with E-state index in [9.17, 15) is 9.59 Å². The van der Waals surface area contributed by atoms with Gasteiger partial charge in [-0.2, -0.15) is 0 Å². The van der Waals surface area contributed by atoms with Crippen molar-refractivity contribution in [3.63, 3.8) is 0 Å². The molecule has 0 unspecified atom stereocenters. The standard InChI is InChI=1S/C16H11BrN2O2S/c17-13-5-1-3-12(7-13)10-19-15(20)14(22-16(19)21)8-11-4-2-6-18-9-11/h1-9H,10H2/b14-8+. The molecule has 1 aliphatic rings. The monoisotopic (exact) mass is 374 g/mol. The number of imide groups is 1. The lowest BCUT2D eigenvalue weighted by Gasteiger charge is -2.12. The fourth-order valence-electron chi connectivity index (χ4n) is 2.07. The van der Waals surface area contributed by atoms with E-state index in [-0.39, 0.29) is 17.7 Å². The summed E-state index contributed by atoms with van der Waals surface area (Å²) in [5.74, 6) is -0.265. The van der Waals surface area contributed by atoms with Gasteiger partial charge in [0.25, 0.3) is 11.1 Å². The van der Waals surface area contributed by atoms with Crippen molar-refractivity contribution < 1.29 is 9.59 Å².